The number of benzene rings is 2. The van der Waals surface area contributed by atoms with Crippen molar-refractivity contribution < 1.29 is 0 Å². The summed E-state index contributed by atoms with van der Waals surface area (Å²) < 4.78 is 1.12. The Morgan fingerprint density at radius 2 is 1.88 bits per heavy atom. The molecule has 1 nitrogen and oxygen atoms in total. The molecule has 0 atom stereocenters. The van der Waals surface area contributed by atoms with Crippen molar-refractivity contribution in [3.8, 4) is 0 Å². The average molecular weight is 306 g/mol. The molecule has 0 aliphatic carbocycles. The van der Waals surface area contributed by atoms with Gasteiger partial charge in [-0.3, -0.25) is 0 Å². The topological polar surface area (TPSA) is 12.0 Å². The molecule has 3 heteroatoms. The average Bonchev–Trinajstić information content (AvgIpc) is 2.27. The fourth-order valence-corrected chi connectivity index (χ4v) is 3.71. The van der Waals surface area contributed by atoms with Crippen molar-refractivity contribution in [2.45, 2.75) is 23.6 Å². The molecular weight excluding hydrogens is 294 g/mol. The Morgan fingerprint density at radius 3 is 2.71 bits per heavy atom. The van der Waals surface area contributed by atoms with Crippen molar-refractivity contribution in [2.24, 2.45) is 0 Å². The Bertz CT molecular complexity index is 607. The van der Waals surface area contributed by atoms with Gasteiger partial charge in [0.1, 0.15) is 0 Å². The summed E-state index contributed by atoms with van der Waals surface area (Å²) in [6.07, 6.45) is 0. The van der Waals surface area contributed by atoms with Crippen molar-refractivity contribution in [3.63, 3.8) is 0 Å². The molecule has 1 heterocycles. The number of hydrogen-bond donors (Lipinski definition) is 1. The lowest BCUT2D eigenvalue weighted by Gasteiger charge is -2.23. The summed E-state index contributed by atoms with van der Waals surface area (Å²) in [5, 5.41) is 3.51. The smallest absolute Gasteiger partial charge is 0.0531 e. The first-order valence-corrected chi connectivity index (χ1v) is 7.10. The summed E-state index contributed by atoms with van der Waals surface area (Å²) in [5.41, 5.74) is 5.05. The van der Waals surface area contributed by atoms with Crippen LogP contribution in [0.5, 0.6) is 0 Å². The first-order chi connectivity index (χ1) is 8.13. The molecule has 0 aromatic heterocycles. The van der Waals surface area contributed by atoms with Gasteiger partial charge < -0.3 is 5.32 Å². The normalized spacial score (nSPS) is 12.6. The van der Waals surface area contributed by atoms with E-state index in [0.29, 0.717) is 0 Å². The molecule has 0 amide bonds. The molecule has 1 N–H and O–H groups in total. The number of nitrogens with one attached hydrogen (secondary N) is 1. The molecule has 1 aliphatic rings. The quantitative estimate of drug-likeness (QED) is 0.607. The molecule has 2 aromatic carbocycles. The van der Waals surface area contributed by atoms with Crippen molar-refractivity contribution in [1.29, 1.82) is 0 Å². The molecule has 0 fully saturated rings. The van der Waals surface area contributed by atoms with Gasteiger partial charge in [0.2, 0.25) is 0 Å². The zero-order chi connectivity index (χ0) is 12.0. The van der Waals surface area contributed by atoms with Crippen LogP contribution in [0.1, 0.15) is 11.1 Å². The molecule has 2 aromatic rings. The van der Waals surface area contributed by atoms with Gasteiger partial charge in [0.15, 0.2) is 0 Å². The largest absolute Gasteiger partial charge is 0.354 e. The Balaban J connectivity index is 2.14. The van der Waals surface area contributed by atoms with Gasteiger partial charge in [0, 0.05) is 14.3 Å². The third-order valence-electron chi connectivity index (χ3n) is 2.84. The Kier molecular flexibility index (Phi) is 2.68. The first kappa shape index (κ1) is 11.2. The standard InChI is InChI=1S/C14H12BrNS/c1-8-5-9(2)14-12(6-8)16-11-4-3-10(15)7-13(11)17-14/h3-7,16H,1-2H3. The number of hydrogen-bond acceptors (Lipinski definition) is 2. The van der Waals surface area contributed by atoms with Crippen LogP contribution < -0.4 is 5.32 Å². The molecule has 86 valence electrons. The monoisotopic (exact) mass is 305 g/mol. The van der Waals surface area contributed by atoms with Gasteiger partial charge in [-0.1, -0.05) is 33.8 Å². The number of aryl methyl sites for hydroxylation is 2. The number of halogens is 1. The van der Waals surface area contributed by atoms with Crippen LogP contribution in [-0.2, 0) is 0 Å². The Hall–Kier alpha value is -0.930. The minimum Gasteiger partial charge on any atom is -0.354 e. The Labute approximate surface area is 114 Å². The summed E-state index contributed by atoms with van der Waals surface area (Å²) in [4.78, 5) is 2.61. The zero-order valence-corrected chi connectivity index (χ0v) is 12.1. The first-order valence-electron chi connectivity index (χ1n) is 5.49. The molecule has 3 rings (SSSR count). The maximum Gasteiger partial charge on any atom is 0.0531 e. The van der Waals surface area contributed by atoms with Gasteiger partial charge in [0.05, 0.1) is 11.4 Å². The van der Waals surface area contributed by atoms with Crippen LogP contribution in [0.3, 0.4) is 0 Å². The fourth-order valence-electron chi connectivity index (χ4n) is 2.12. The lowest BCUT2D eigenvalue weighted by atomic mass is 10.1. The number of rotatable bonds is 0. The predicted octanol–water partition coefficient (Wildman–Crippen LogP) is 5.27. The van der Waals surface area contributed by atoms with Crippen LogP contribution in [0, 0.1) is 13.8 Å². The van der Waals surface area contributed by atoms with Gasteiger partial charge in [-0.2, -0.15) is 0 Å². The number of anilines is 2. The fraction of sp³-hybridized carbons (Fsp3) is 0.143. The van der Waals surface area contributed by atoms with Crippen LogP contribution in [-0.4, -0.2) is 0 Å². The number of fused-ring (bicyclic) bond motifs is 2. The second-order valence-electron chi connectivity index (χ2n) is 4.33. The van der Waals surface area contributed by atoms with Crippen LogP contribution in [0.25, 0.3) is 0 Å². The molecule has 17 heavy (non-hydrogen) atoms. The minimum absolute atomic E-state index is 1.12. The van der Waals surface area contributed by atoms with E-state index in [-0.39, 0.29) is 0 Å². The highest BCUT2D eigenvalue weighted by molar-refractivity contribution is 9.10. The summed E-state index contributed by atoms with van der Waals surface area (Å²) in [6.45, 7) is 4.31. The van der Waals surface area contributed by atoms with Crippen LogP contribution in [0.2, 0.25) is 0 Å². The molecule has 0 saturated heterocycles. The zero-order valence-electron chi connectivity index (χ0n) is 9.67. The van der Waals surface area contributed by atoms with Gasteiger partial charge in [-0.05, 0) is 49.2 Å². The summed E-state index contributed by atoms with van der Waals surface area (Å²) >= 11 is 5.36. The van der Waals surface area contributed by atoms with E-state index < -0.39 is 0 Å². The van der Waals surface area contributed by atoms with Crippen LogP contribution >= 0.6 is 27.7 Å². The van der Waals surface area contributed by atoms with E-state index in [2.05, 4.69) is 65.4 Å². The van der Waals surface area contributed by atoms with E-state index in [0.717, 1.165) is 4.47 Å². The molecule has 0 bridgehead atoms. The van der Waals surface area contributed by atoms with E-state index >= 15 is 0 Å². The minimum atomic E-state index is 1.12. The molecule has 0 radical (unpaired) electrons. The van der Waals surface area contributed by atoms with Crippen molar-refractivity contribution in [2.75, 3.05) is 5.32 Å². The highest BCUT2D eigenvalue weighted by Gasteiger charge is 2.17. The summed E-state index contributed by atoms with van der Waals surface area (Å²) in [6, 6.07) is 10.8. The molecule has 1 aliphatic heterocycles. The maximum absolute atomic E-state index is 3.52. The molecule has 0 unspecified atom stereocenters. The van der Waals surface area contributed by atoms with Crippen LogP contribution in [0.15, 0.2) is 44.6 Å². The van der Waals surface area contributed by atoms with E-state index in [9.17, 15) is 0 Å². The second kappa shape index (κ2) is 4.07. The maximum atomic E-state index is 3.52. The molecular formula is C14H12BrNS. The second-order valence-corrected chi connectivity index (χ2v) is 6.29. The third kappa shape index (κ3) is 1.98. The van der Waals surface area contributed by atoms with Crippen molar-refractivity contribution >= 4 is 39.1 Å². The summed E-state index contributed by atoms with van der Waals surface area (Å²) in [7, 11) is 0. The Morgan fingerprint density at radius 1 is 1.06 bits per heavy atom. The van der Waals surface area contributed by atoms with Gasteiger partial charge >= 0.3 is 0 Å². The lowest BCUT2D eigenvalue weighted by molar-refractivity contribution is 1.22. The van der Waals surface area contributed by atoms with Gasteiger partial charge in [-0.25, -0.2) is 0 Å². The van der Waals surface area contributed by atoms with Gasteiger partial charge in [-0.15, -0.1) is 0 Å². The highest BCUT2D eigenvalue weighted by atomic mass is 79.9. The lowest BCUT2D eigenvalue weighted by Crippen LogP contribution is -2.01. The van der Waals surface area contributed by atoms with Crippen molar-refractivity contribution in [1.82, 2.24) is 0 Å². The summed E-state index contributed by atoms with van der Waals surface area (Å²) in [5.74, 6) is 0. The van der Waals surface area contributed by atoms with E-state index in [1.807, 2.05) is 11.8 Å². The van der Waals surface area contributed by atoms with E-state index in [1.54, 1.807) is 0 Å². The molecule has 0 saturated carbocycles. The van der Waals surface area contributed by atoms with E-state index in [1.165, 1.54) is 32.3 Å². The molecule has 0 spiro atoms. The predicted molar refractivity (Wildman–Crippen MR) is 77.5 cm³/mol. The highest BCUT2D eigenvalue weighted by Crippen LogP contribution is 2.46. The van der Waals surface area contributed by atoms with Crippen molar-refractivity contribution in [3.05, 3.63) is 45.9 Å². The van der Waals surface area contributed by atoms with Crippen LogP contribution in [0.4, 0.5) is 11.4 Å². The van der Waals surface area contributed by atoms with E-state index in [4.69, 9.17) is 0 Å². The SMILES string of the molecule is Cc1cc(C)c2c(c1)Nc1ccc(Br)cc1S2. The van der Waals surface area contributed by atoms with Gasteiger partial charge in [0.25, 0.3) is 0 Å². The third-order valence-corrected chi connectivity index (χ3v) is 4.64.